The van der Waals surface area contributed by atoms with Crippen LogP contribution < -0.4 is 5.32 Å². The molecule has 5 rings (SSSR count). The van der Waals surface area contributed by atoms with E-state index in [1.54, 1.807) is 12.4 Å². The maximum atomic E-state index is 13.9. The molecule has 0 aliphatic heterocycles. The third-order valence-electron chi connectivity index (χ3n) is 6.65. The fourth-order valence-corrected chi connectivity index (χ4v) is 4.67. The zero-order valence-corrected chi connectivity index (χ0v) is 20.1. The van der Waals surface area contributed by atoms with Crippen LogP contribution in [-0.4, -0.2) is 22.3 Å². The first kappa shape index (κ1) is 22.8. The van der Waals surface area contributed by atoms with Gasteiger partial charge in [0.1, 0.15) is 0 Å². The SMILES string of the molecule is Cc1ccc(CCN[C@@H](C(=O)c2c[nH]c3c(C)c(-c4ccncc4)ccc23)c2ccccc2)cc1. The van der Waals surface area contributed by atoms with E-state index in [9.17, 15) is 4.79 Å². The van der Waals surface area contributed by atoms with Crippen molar-refractivity contribution in [2.24, 2.45) is 0 Å². The van der Waals surface area contributed by atoms with Gasteiger partial charge in [-0.2, -0.15) is 0 Å². The second-order valence-electron chi connectivity index (χ2n) is 9.00. The summed E-state index contributed by atoms with van der Waals surface area (Å²) in [4.78, 5) is 21.4. The number of nitrogens with one attached hydrogen (secondary N) is 2. The summed E-state index contributed by atoms with van der Waals surface area (Å²) >= 11 is 0. The van der Waals surface area contributed by atoms with Crippen molar-refractivity contribution in [1.29, 1.82) is 0 Å². The number of fused-ring (bicyclic) bond motifs is 1. The van der Waals surface area contributed by atoms with E-state index in [1.807, 2.05) is 48.7 Å². The molecule has 4 heteroatoms. The van der Waals surface area contributed by atoms with Gasteiger partial charge < -0.3 is 10.3 Å². The monoisotopic (exact) mass is 459 g/mol. The average molecular weight is 460 g/mol. The van der Waals surface area contributed by atoms with Crippen LogP contribution in [0.25, 0.3) is 22.0 Å². The topological polar surface area (TPSA) is 57.8 Å². The maximum absolute atomic E-state index is 13.9. The molecule has 0 amide bonds. The molecule has 0 saturated heterocycles. The lowest BCUT2D eigenvalue weighted by molar-refractivity contribution is 0.0945. The van der Waals surface area contributed by atoms with E-state index in [-0.39, 0.29) is 5.78 Å². The number of hydrogen-bond acceptors (Lipinski definition) is 3. The largest absolute Gasteiger partial charge is 0.360 e. The Morgan fingerprint density at radius 1 is 0.914 bits per heavy atom. The van der Waals surface area contributed by atoms with Gasteiger partial charge in [-0.3, -0.25) is 9.78 Å². The van der Waals surface area contributed by atoms with Crippen LogP contribution in [0.4, 0.5) is 0 Å². The van der Waals surface area contributed by atoms with Crippen molar-refractivity contribution < 1.29 is 4.79 Å². The summed E-state index contributed by atoms with van der Waals surface area (Å²) in [7, 11) is 0. The zero-order chi connectivity index (χ0) is 24.2. The molecule has 2 N–H and O–H groups in total. The Morgan fingerprint density at radius 3 is 2.40 bits per heavy atom. The van der Waals surface area contributed by atoms with Gasteiger partial charge in [0, 0.05) is 41.6 Å². The summed E-state index contributed by atoms with van der Waals surface area (Å²) < 4.78 is 0. The van der Waals surface area contributed by atoms with E-state index in [4.69, 9.17) is 0 Å². The first-order valence-corrected chi connectivity index (χ1v) is 12.0. The lowest BCUT2D eigenvalue weighted by atomic mass is 9.94. The Morgan fingerprint density at radius 2 is 1.66 bits per heavy atom. The minimum Gasteiger partial charge on any atom is -0.360 e. The number of nitrogens with zero attached hydrogens (tertiary/aromatic N) is 1. The minimum atomic E-state index is -0.416. The van der Waals surface area contributed by atoms with Gasteiger partial charge in [0.15, 0.2) is 5.78 Å². The van der Waals surface area contributed by atoms with Crippen molar-refractivity contribution in [3.05, 3.63) is 125 Å². The Kier molecular flexibility index (Phi) is 6.55. The summed E-state index contributed by atoms with van der Waals surface area (Å²) in [5, 5.41) is 4.48. The molecule has 0 radical (unpaired) electrons. The van der Waals surface area contributed by atoms with E-state index >= 15 is 0 Å². The molecule has 1 atom stereocenters. The van der Waals surface area contributed by atoms with Crippen LogP contribution in [0.5, 0.6) is 0 Å². The van der Waals surface area contributed by atoms with Crippen molar-refractivity contribution in [3.8, 4) is 11.1 Å². The number of benzene rings is 3. The number of Topliss-reactive ketones (excluding diaryl/α,β-unsaturated/α-hetero) is 1. The van der Waals surface area contributed by atoms with Gasteiger partial charge in [-0.25, -0.2) is 0 Å². The number of rotatable bonds is 8. The summed E-state index contributed by atoms with van der Waals surface area (Å²) in [5.74, 6) is 0.0717. The molecule has 0 saturated carbocycles. The number of aryl methyl sites for hydroxylation is 2. The van der Waals surface area contributed by atoms with E-state index in [0.717, 1.165) is 39.6 Å². The van der Waals surface area contributed by atoms with E-state index < -0.39 is 6.04 Å². The fourth-order valence-electron chi connectivity index (χ4n) is 4.67. The minimum absolute atomic E-state index is 0.0717. The summed E-state index contributed by atoms with van der Waals surface area (Å²) in [6, 6.07) is 26.3. The molecule has 4 nitrogen and oxygen atoms in total. The number of ketones is 1. The quantitative estimate of drug-likeness (QED) is 0.257. The molecule has 0 spiro atoms. The Balaban J connectivity index is 1.44. The molecule has 2 aromatic heterocycles. The third-order valence-corrected chi connectivity index (χ3v) is 6.65. The Hall–Kier alpha value is -4.02. The number of carbonyl (C=O) groups excluding carboxylic acids is 1. The van der Waals surface area contributed by atoms with E-state index in [2.05, 4.69) is 65.5 Å². The van der Waals surface area contributed by atoms with Crippen LogP contribution in [0.15, 0.2) is 97.5 Å². The van der Waals surface area contributed by atoms with Gasteiger partial charge in [0.05, 0.1) is 6.04 Å². The van der Waals surface area contributed by atoms with Gasteiger partial charge >= 0.3 is 0 Å². The molecule has 0 aliphatic rings. The summed E-state index contributed by atoms with van der Waals surface area (Å²) in [6.07, 6.45) is 6.32. The number of H-pyrrole nitrogens is 1. The molecule has 0 unspecified atom stereocenters. The lowest BCUT2D eigenvalue weighted by Crippen LogP contribution is -2.30. The van der Waals surface area contributed by atoms with E-state index in [0.29, 0.717) is 12.1 Å². The Bertz CT molecular complexity index is 1440. The highest BCUT2D eigenvalue weighted by atomic mass is 16.1. The normalized spacial score (nSPS) is 12.1. The number of hydrogen-bond donors (Lipinski definition) is 2. The van der Waals surface area contributed by atoms with Crippen LogP contribution in [0.3, 0.4) is 0 Å². The third kappa shape index (κ3) is 4.79. The molecular weight excluding hydrogens is 430 g/mol. The molecule has 174 valence electrons. The summed E-state index contributed by atoms with van der Waals surface area (Å²) in [6.45, 7) is 4.90. The zero-order valence-electron chi connectivity index (χ0n) is 20.1. The van der Waals surface area contributed by atoms with E-state index in [1.165, 1.54) is 11.1 Å². The van der Waals surface area contributed by atoms with Crippen LogP contribution in [0, 0.1) is 13.8 Å². The molecular formula is C31H29N3O. The first-order chi connectivity index (χ1) is 17.1. The highest BCUT2D eigenvalue weighted by molar-refractivity contribution is 6.11. The number of carbonyl (C=O) groups is 1. The maximum Gasteiger partial charge on any atom is 0.186 e. The highest BCUT2D eigenvalue weighted by Gasteiger charge is 2.24. The molecule has 2 heterocycles. The van der Waals surface area contributed by atoms with Crippen LogP contribution in [0.1, 0.15) is 38.7 Å². The van der Waals surface area contributed by atoms with Crippen LogP contribution >= 0.6 is 0 Å². The van der Waals surface area contributed by atoms with Crippen molar-refractivity contribution in [2.75, 3.05) is 6.54 Å². The van der Waals surface area contributed by atoms with Gasteiger partial charge in [0.25, 0.3) is 0 Å². The second kappa shape index (κ2) is 10.1. The lowest BCUT2D eigenvalue weighted by Gasteiger charge is -2.18. The molecule has 35 heavy (non-hydrogen) atoms. The van der Waals surface area contributed by atoms with Crippen molar-refractivity contribution in [3.63, 3.8) is 0 Å². The van der Waals surface area contributed by atoms with Crippen LogP contribution in [0.2, 0.25) is 0 Å². The summed E-state index contributed by atoms with van der Waals surface area (Å²) in [5.41, 5.74) is 8.56. The predicted octanol–water partition coefficient (Wildman–Crippen LogP) is 6.60. The highest BCUT2D eigenvalue weighted by Crippen LogP contribution is 2.32. The van der Waals surface area contributed by atoms with Gasteiger partial charge in [-0.1, -0.05) is 72.3 Å². The number of aromatic amines is 1. The molecule has 0 aliphatic carbocycles. The molecule has 5 aromatic rings. The van der Waals surface area contributed by atoms with Gasteiger partial charge in [-0.05, 0) is 60.2 Å². The smallest absolute Gasteiger partial charge is 0.186 e. The first-order valence-electron chi connectivity index (χ1n) is 12.0. The van der Waals surface area contributed by atoms with Crippen molar-refractivity contribution in [1.82, 2.24) is 15.3 Å². The standard InChI is InChI=1S/C31H29N3O/c1-21-8-10-23(11-9-21)14-19-33-30(25-6-4-3-5-7-25)31(35)28-20-34-29-22(2)26(12-13-27(28)29)24-15-17-32-18-16-24/h3-13,15-18,20,30,33-34H,14,19H2,1-2H3/t30-/m1/s1. The number of pyridine rings is 1. The Labute approximate surface area is 206 Å². The average Bonchev–Trinajstić information content (AvgIpc) is 3.34. The molecule has 3 aromatic carbocycles. The number of aromatic nitrogens is 2. The molecule has 0 fully saturated rings. The van der Waals surface area contributed by atoms with Gasteiger partial charge in [0.2, 0.25) is 0 Å². The fraction of sp³-hybridized carbons (Fsp3) is 0.161. The van der Waals surface area contributed by atoms with Crippen molar-refractivity contribution in [2.45, 2.75) is 26.3 Å². The predicted molar refractivity (Wildman–Crippen MR) is 143 cm³/mol. The second-order valence-corrected chi connectivity index (χ2v) is 9.00. The van der Waals surface area contributed by atoms with Crippen LogP contribution in [-0.2, 0) is 6.42 Å². The van der Waals surface area contributed by atoms with Crippen molar-refractivity contribution >= 4 is 16.7 Å². The molecule has 0 bridgehead atoms. The van der Waals surface area contributed by atoms with Gasteiger partial charge in [-0.15, -0.1) is 0 Å².